The summed E-state index contributed by atoms with van der Waals surface area (Å²) in [7, 11) is -2.34. The lowest BCUT2D eigenvalue weighted by Gasteiger charge is -2.13. The third kappa shape index (κ3) is 6.98. The lowest BCUT2D eigenvalue weighted by atomic mass is 10.3. The number of hydrogen-bond acceptors (Lipinski definition) is 4. The molecule has 0 saturated carbocycles. The second-order valence-corrected chi connectivity index (χ2v) is 5.58. The molecule has 0 aliphatic heterocycles. The van der Waals surface area contributed by atoms with Crippen molar-refractivity contribution in [3.05, 3.63) is 24.3 Å². The first-order valence-electron chi connectivity index (χ1n) is 5.75. The van der Waals surface area contributed by atoms with Crippen molar-refractivity contribution in [2.24, 2.45) is 0 Å². The fraction of sp³-hybridized carbons (Fsp3) is 0.455. The second-order valence-electron chi connectivity index (χ2n) is 3.85. The minimum atomic E-state index is -4.95. The van der Waals surface area contributed by atoms with Gasteiger partial charge in [0.15, 0.2) is 0 Å². The predicted molar refractivity (Wildman–Crippen MR) is 74.1 cm³/mol. The van der Waals surface area contributed by atoms with Crippen molar-refractivity contribution in [1.82, 2.24) is 10.0 Å². The molecule has 21 heavy (non-hydrogen) atoms. The average molecular weight is 349 g/mol. The molecule has 0 heterocycles. The molecular formula is C11H16ClF3N2O3S. The Labute approximate surface area is 127 Å². The number of para-hydroxylation sites is 1. The van der Waals surface area contributed by atoms with Gasteiger partial charge in [-0.15, -0.1) is 25.6 Å². The van der Waals surface area contributed by atoms with Crippen LogP contribution in [0.5, 0.6) is 5.75 Å². The highest BCUT2D eigenvalue weighted by Gasteiger charge is 2.33. The smallest absolute Gasteiger partial charge is 0.404 e. The Morgan fingerprint density at radius 2 is 1.81 bits per heavy atom. The van der Waals surface area contributed by atoms with E-state index in [1.54, 1.807) is 7.05 Å². The topological polar surface area (TPSA) is 67.4 Å². The van der Waals surface area contributed by atoms with Crippen LogP contribution >= 0.6 is 12.4 Å². The van der Waals surface area contributed by atoms with Gasteiger partial charge in [-0.05, 0) is 32.1 Å². The van der Waals surface area contributed by atoms with Crippen molar-refractivity contribution in [1.29, 1.82) is 0 Å². The summed E-state index contributed by atoms with van der Waals surface area (Å²) in [5.41, 5.74) is 0. The molecule has 1 aromatic carbocycles. The number of nitrogens with one attached hydrogen (secondary N) is 2. The first-order valence-corrected chi connectivity index (χ1v) is 7.23. The van der Waals surface area contributed by atoms with Gasteiger partial charge in [0.05, 0.1) is 0 Å². The Kier molecular flexibility index (Phi) is 8.01. The average Bonchev–Trinajstić information content (AvgIpc) is 2.33. The summed E-state index contributed by atoms with van der Waals surface area (Å²) >= 11 is 0. The number of rotatable bonds is 7. The van der Waals surface area contributed by atoms with Crippen LogP contribution in [-0.2, 0) is 10.0 Å². The van der Waals surface area contributed by atoms with Crippen molar-refractivity contribution in [3.63, 3.8) is 0 Å². The van der Waals surface area contributed by atoms with Crippen LogP contribution < -0.4 is 14.8 Å². The zero-order valence-corrected chi connectivity index (χ0v) is 12.7. The molecule has 1 aromatic rings. The molecule has 0 aliphatic rings. The summed E-state index contributed by atoms with van der Waals surface area (Å²) in [5, 5.41) is 2.83. The zero-order valence-electron chi connectivity index (χ0n) is 11.1. The monoisotopic (exact) mass is 348 g/mol. The number of sulfonamides is 1. The highest BCUT2D eigenvalue weighted by molar-refractivity contribution is 7.89. The molecule has 2 N–H and O–H groups in total. The molecule has 122 valence electrons. The summed E-state index contributed by atoms with van der Waals surface area (Å²) in [6, 6.07) is 4.60. The van der Waals surface area contributed by atoms with E-state index >= 15 is 0 Å². The van der Waals surface area contributed by atoms with E-state index in [1.807, 2.05) is 0 Å². The lowest BCUT2D eigenvalue weighted by molar-refractivity contribution is -0.275. The van der Waals surface area contributed by atoms with Crippen LogP contribution in [0.1, 0.15) is 6.42 Å². The number of halogens is 4. The Morgan fingerprint density at radius 3 is 2.38 bits per heavy atom. The van der Waals surface area contributed by atoms with Gasteiger partial charge in [-0.2, -0.15) is 0 Å². The fourth-order valence-electron chi connectivity index (χ4n) is 1.43. The zero-order chi connectivity index (χ0) is 15.2. The molecule has 0 aromatic heterocycles. The molecule has 0 aliphatic carbocycles. The number of alkyl halides is 3. The van der Waals surface area contributed by atoms with Crippen LogP contribution in [0.25, 0.3) is 0 Å². The molecule has 10 heteroatoms. The van der Waals surface area contributed by atoms with Gasteiger partial charge in [-0.25, -0.2) is 13.1 Å². The van der Waals surface area contributed by atoms with E-state index in [0.717, 1.165) is 12.1 Å². The third-order valence-electron chi connectivity index (χ3n) is 2.26. The Bertz CT molecular complexity index is 538. The highest BCUT2D eigenvalue weighted by Crippen LogP contribution is 2.29. The van der Waals surface area contributed by atoms with Crippen molar-refractivity contribution in [3.8, 4) is 5.75 Å². The Balaban J connectivity index is 0.00000400. The Morgan fingerprint density at radius 1 is 1.19 bits per heavy atom. The molecule has 1 rings (SSSR count). The first-order chi connectivity index (χ1) is 9.26. The fourth-order valence-corrected chi connectivity index (χ4v) is 2.63. The molecule has 0 radical (unpaired) electrons. The molecule has 0 bridgehead atoms. The summed E-state index contributed by atoms with van der Waals surface area (Å²) in [4.78, 5) is -0.540. The van der Waals surface area contributed by atoms with E-state index in [0.29, 0.717) is 13.0 Å². The lowest BCUT2D eigenvalue weighted by Crippen LogP contribution is -2.28. The molecule has 0 saturated heterocycles. The van der Waals surface area contributed by atoms with E-state index in [-0.39, 0.29) is 19.0 Å². The van der Waals surface area contributed by atoms with Crippen LogP contribution in [0.4, 0.5) is 13.2 Å². The van der Waals surface area contributed by atoms with E-state index < -0.39 is 27.0 Å². The number of hydrogen-bond donors (Lipinski definition) is 2. The minimum absolute atomic E-state index is 0. The van der Waals surface area contributed by atoms with Gasteiger partial charge in [0.25, 0.3) is 0 Å². The maximum Gasteiger partial charge on any atom is 0.573 e. The summed E-state index contributed by atoms with van der Waals surface area (Å²) in [5.74, 6) is -0.749. The van der Waals surface area contributed by atoms with E-state index in [9.17, 15) is 21.6 Å². The van der Waals surface area contributed by atoms with Gasteiger partial charge in [0, 0.05) is 6.54 Å². The van der Waals surface area contributed by atoms with Crippen LogP contribution in [0.3, 0.4) is 0 Å². The Hall–Kier alpha value is -1.03. The van der Waals surface area contributed by atoms with Gasteiger partial charge in [-0.1, -0.05) is 12.1 Å². The predicted octanol–water partition coefficient (Wildman–Crippen LogP) is 1.89. The normalized spacial score (nSPS) is 11.8. The van der Waals surface area contributed by atoms with Crippen molar-refractivity contribution in [2.45, 2.75) is 17.7 Å². The van der Waals surface area contributed by atoms with Crippen molar-refractivity contribution < 1.29 is 26.3 Å². The van der Waals surface area contributed by atoms with Crippen LogP contribution in [0, 0.1) is 0 Å². The maximum absolute atomic E-state index is 12.2. The molecule has 0 amide bonds. The standard InChI is InChI=1S/C11H15F3N2O3S.ClH/c1-15-7-4-8-16-20(17,18)10-6-3-2-5-9(10)19-11(12,13)14;/h2-3,5-6,15-16H,4,7-8H2,1H3;1H. The van der Waals surface area contributed by atoms with E-state index in [4.69, 9.17) is 0 Å². The van der Waals surface area contributed by atoms with Crippen molar-refractivity contribution >= 4 is 22.4 Å². The van der Waals surface area contributed by atoms with E-state index in [1.165, 1.54) is 12.1 Å². The molecule has 0 atom stereocenters. The molecule has 0 fully saturated rings. The molecule has 0 spiro atoms. The highest BCUT2D eigenvalue weighted by atomic mass is 35.5. The molecule has 5 nitrogen and oxygen atoms in total. The molecule has 0 unspecified atom stereocenters. The largest absolute Gasteiger partial charge is 0.573 e. The first kappa shape index (κ1) is 20.0. The SMILES string of the molecule is CNCCCNS(=O)(=O)c1ccccc1OC(F)(F)F.Cl. The summed E-state index contributed by atoms with van der Waals surface area (Å²) in [6.07, 6.45) is -4.43. The van der Waals surface area contributed by atoms with Crippen LogP contribution in [-0.4, -0.2) is 34.9 Å². The maximum atomic E-state index is 12.2. The van der Waals surface area contributed by atoms with Crippen LogP contribution in [0.2, 0.25) is 0 Å². The second kappa shape index (κ2) is 8.42. The van der Waals surface area contributed by atoms with Gasteiger partial charge in [0.1, 0.15) is 10.6 Å². The van der Waals surface area contributed by atoms with Crippen LogP contribution in [0.15, 0.2) is 29.2 Å². The minimum Gasteiger partial charge on any atom is -0.404 e. The quantitative estimate of drug-likeness (QED) is 0.738. The van der Waals surface area contributed by atoms with Crippen molar-refractivity contribution in [2.75, 3.05) is 20.1 Å². The summed E-state index contributed by atoms with van der Waals surface area (Å²) < 4.78 is 66.4. The van der Waals surface area contributed by atoms with Gasteiger partial charge >= 0.3 is 6.36 Å². The summed E-state index contributed by atoms with van der Waals surface area (Å²) in [6.45, 7) is 0.701. The van der Waals surface area contributed by atoms with Gasteiger partial charge in [0.2, 0.25) is 10.0 Å². The number of benzene rings is 1. The van der Waals surface area contributed by atoms with Gasteiger partial charge in [-0.3, -0.25) is 0 Å². The van der Waals surface area contributed by atoms with E-state index in [2.05, 4.69) is 14.8 Å². The number of ether oxygens (including phenoxy) is 1. The molecular weight excluding hydrogens is 333 g/mol. The third-order valence-corrected chi connectivity index (χ3v) is 3.76. The van der Waals surface area contributed by atoms with Gasteiger partial charge < -0.3 is 10.1 Å².